The van der Waals surface area contributed by atoms with Crippen molar-refractivity contribution in [1.29, 1.82) is 0 Å². The first-order valence-electron chi connectivity index (χ1n) is 12.5. The van der Waals surface area contributed by atoms with Gasteiger partial charge >= 0.3 is 29.6 Å². The van der Waals surface area contributed by atoms with E-state index in [1.54, 1.807) is 0 Å². The van der Waals surface area contributed by atoms with Crippen molar-refractivity contribution in [2.45, 2.75) is 154 Å². The third-order valence-corrected chi connectivity index (χ3v) is 7.28. The molecule has 0 aliphatic carbocycles. The van der Waals surface area contributed by atoms with Crippen LogP contribution in [0.4, 0.5) is 0 Å². The molecule has 0 aromatic heterocycles. The van der Waals surface area contributed by atoms with Crippen molar-refractivity contribution in [3.05, 3.63) is 0 Å². The minimum atomic E-state index is -4.18. The monoisotopic (exact) mass is 456 g/mol. The van der Waals surface area contributed by atoms with Gasteiger partial charge in [0, 0.05) is 5.25 Å². The van der Waals surface area contributed by atoms with Gasteiger partial charge in [-0.1, -0.05) is 117 Å². The van der Waals surface area contributed by atoms with E-state index in [4.69, 9.17) is 0 Å². The van der Waals surface area contributed by atoms with Gasteiger partial charge in [0.15, 0.2) is 0 Å². The van der Waals surface area contributed by atoms with Crippen molar-refractivity contribution < 1.29 is 47.6 Å². The maximum Gasteiger partial charge on any atom is 1.00 e. The summed E-state index contributed by atoms with van der Waals surface area (Å²) in [5.74, 6) is 0. The Labute approximate surface area is 210 Å². The summed E-state index contributed by atoms with van der Waals surface area (Å²) in [5.41, 5.74) is 0. The summed E-state index contributed by atoms with van der Waals surface area (Å²) in [6.07, 6.45) is 20.5. The number of hydrogen-bond donors (Lipinski definition) is 1. The van der Waals surface area contributed by atoms with Crippen LogP contribution >= 0.6 is 0 Å². The third kappa shape index (κ3) is 22.1. The molecule has 0 aliphatic heterocycles. The second-order valence-corrected chi connectivity index (χ2v) is 10.5. The molecule has 0 spiro atoms. The van der Waals surface area contributed by atoms with E-state index < -0.39 is 15.4 Å². The Kier molecular flexibility index (Phi) is 25.4. The second kappa shape index (κ2) is 23.0. The topological polar surface area (TPSA) is 77.4 Å². The molecular weight excluding hydrogens is 407 g/mol. The fraction of sp³-hybridized carbons (Fsp3) is 1.00. The van der Waals surface area contributed by atoms with Crippen LogP contribution in [0.3, 0.4) is 0 Å². The Balaban J connectivity index is 0. The number of unbranched alkanes of at least 4 members (excludes halogenated alkanes) is 13. The molecule has 0 aromatic carbocycles. The van der Waals surface area contributed by atoms with Gasteiger partial charge in [0.1, 0.15) is 0 Å². The zero-order valence-electron chi connectivity index (χ0n) is 20.4. The van der Waals surface area contributed by atoms with E-state index in [2.05, 4.69) is 13.8 Å². The Morgan fingerprint density at radius 2 is 0.900 bits per heavy atom. The van der Waals surface area contributed by atoms with Crippen LogP contribution in [-0.4, -0.2) is 29.4 Å². The minimum Gasteiger partial charge on any atom is -0.748 e. The van der Waals surface area contributed by atoms with Gasteiger partial charge in [-0.15, -0.1) is 0 Å². The van der Waals surface area contributed by atoms with Gasteiger partial charge in [0.2, 0.25) is 0 Å². The van der Waals surface area contributed by atoms with Crippen LogP contribution in [0.2, 0.25) is 0 Å². The average molecular weight is 457 g/mol. The van der Waals surface area contributed by atoms with E-state index in [1.807, 2.05) is 0 Å². The molecule has 1 N–H and O–H groups in total. The van der Waals surface area contributed by atoms with Crippen LogP contribution in [0.15, 0.2) is 0 Å². The van der Waals surface area contributed by atoms with E-state index in [-0.39, 0.29) is 35.7 Å². The predicted octanol–water partition coefficient (Wildman–Crippen LogP) is 4.11. The van der Waals surface area contributed by atoms with Crippen LogP contribution in [0, 0.1) is 0 Å². The van der Waals surface area contributed by atoms with Crippen LogP contribution in [0.1, 0.15) is 142 Å². The van der Waals surface area contributed by atoms with E-state index in [0.717, 1.165) is 64.2 Å². The van der Waals surface area contributed by atoms with Crippen LogP contribution in [0.25, 0.3) is 0 Å². The van der Waals surface area contributed by atoms with Gasteiger partial charge in [-0.2, -0.15) is 0 Å². The summed E-state index contributed by atoms with van der Waals surface area (Å²) in [4.78, 5) is 0. The van der Waals surface area contributed by atoms with Crippen molar-refractivity contribution in [2.75, 3.05) is 0 Å². The van der Waals surface area contributed by atoms with Gasteiger partial charge in [0.25, 0.3) is 0 Å². The molecule has 2 unspecified atom stereocenters. The SMILES string of the molecule is CCCCCCCCCCCC(CCCCCCC(O)CCCCC)S(=O)(=O)[O-].[Na+]. The molecule has 176 valence electrons. The Morgan fingerprint density at radius 1 is 0.600 bits per heavy atom. The molecule has 0 bridgehead atoms. The zero-order chi connectivity index (χ0) is 21.8. The summed E-state index contributed by atoms with van der Waals surface area (Å²) < 4.78 is 34.6. The molecule has 2 atom stereocenters. The molecule has 0 amide bonds. The van der Waals surface area contributed by atoms with Crippen LogP contribution < -0.4 is 29.6 Å². The molecule has 0 rings (SSSR count). The quantitative estimate of drug-likeness (QED) is 0.151. The summed E-state index contributed by atoms with van der Waals surface area (Å²) in [5, 5.41) is 9.22. The fourth-order valence-corrected chi connectivity index (χ4v) is 4.91. The molecule has 0 aliphatic rings. The maximum absolute atomic E-state index is 11.5. The summed E-state index contributed by atoms with van der Waals surface area (Å²) in [6.45, 7) is 4.39. The first kappa shape index (κ1) is 33.0. The summed E-state index contributed by atoms with van der Waals surface area (Å²) in [7, 11) is -4.18. The smallest absolute Gasteiger partial charge is 0.748 e. The van der Waals surface area contributed by atoms with Gasteiger partial charge in [-0.3, -0.25) is 0 Å². The molecular formula is C24H49NaO4S. The number of hydrogen-bond acceptors (Lipinski definition) is 4. The number of aliphatic hydroxyl groups excluding tert-OH is 1. The first-order valence-corrected chi connectivity index (χ1v) is 14.0. The van der Waals surface area contributed by atoms with Gasteiger partial charge < -0.3 is 9.66 Å². The van der Waals surface area contributed by atoms with Crippen molar-refractivity contribution in [1.82, 2.24) is 0 Å². The standard InChI is InChI=1S/C24H50O4S.Na/c1-3-5-7-8-9-10-11-12-17-21-24(29(26,27)28)22-18-14-13-16-20-23(25)19-15-6-4-2;/h23-25H,3-22H2,1-2H3,(H,26,27,28);/q;+1/p-1. The Morgan fingerprint density at radius 3 is 1.30 bits per heavy atom. The van der Waals surface area contributed by atoms with E-state index in [1.165, 1.54) is 51.4 Å². The van der Waals surface area contributed by atoms with E-state index >= 15 is 0 Å². The largest absolute Gasteiger partial charge is 1.00 e. The molecule has 0 heterocycles. The van der Waals surface area contributed by atoms with Gasteiger partial charge in [0.05, 0.1) is 16.2 Å². The van der Waals surface area contributed by atoms with Crippen molar-refractivity contribution >= 4 is 10.1 Å². The normalized spacial score (nSPS) is 13.7. The van der Waals surface area contributed by atoms with E-state index in [9.17, 15) is 18.1 Å². The molecule has 0 aromatic rings. The minimum absolute atomic E-state index is 0. The third-order valence-electron chi connectivity index (χ3n) is 5.99. The van der Waals surface area contributed by atoms with Gasteiger partial charge in [-0.05, 0) is 25.7 Å². The van der Waals surface area contributed by atoms with Crippen LogP contribution in [0.5, 0.6) is 0 Å². The molecule has 4 nitrogen and oxygen atoms in total. The Hall–Kier alpha value is 0.870. The second-order valence-electron chi connectivity index (χ2n) is 8.87. The van der Waals surface area contributed by atoms with Crippen LogP contribution in [-0.2, 0) is 10.1 Å². The summed E-state index contributed by atoms with van der Waals surface area (Å²) >= 11 is 0. The van der Waals surface area contributed by atoms with Crippen molar-refractivity contribution in [3.63, 3.8) is 0 Å². The molecule has 0 fully saturated rings. The summed E-state index contributed by atoms with van der Waals surface area (Å²) in [6, 6.07) is 0. The molecule has 0 radical (unpaired) electrons. The van der Waals surface area contributed by atoms with Crippen molar-refractivity contribution in [3.8, 4) is 0 Å². The molecule has 0 saturated heterocycles. The molecule has 6 heteroatoms. The number of rotatable bonds is 22. The average Bonchev–Trinajstić information content (AvgIpc) is 2.66. The van der Waals surface area contributed by atoms with Gasteiger partial charge in [-0.25, -0.2) is 8.42 Å². The Bertz CT molecular complexity index is 442. The number of aliphatic hydroxyl groups is 1. The molecule has 0 saturated carbocycles. The molecule has 30 heavy (non-hydrogen) atoms. The maximum atomic E-state index is 11.5. The fourth-order valence-electron chi connectivity index (χ4n) is 4.00. The van der Waals surface area contributed by atoms with Crippen molar-refractivity contribution in [2.24, 2.45) is 0 Å². The first-order chi connectivity index (χ1) is 13.9. The zero-order valence-corrected chi connectivity index (χ0v) is 23.2. The predicted molar refractivity (Wildman–Crippen MR) is 123 cm³/mol. The van der Waals surface area contributed by atoms with E-state index in [0.29, 0.717) is 12.8 Å².